The molecule has 0 aliphatic rings. The molecule has 0 spiro atoms. The number of benzene rings is 4. The summed E-state index contributed by atoms with van der Waals surface area (Å²) in [5.41, 5.74) is 9.40. The predicted octanol–water partition coefficient (Wildman–Crippen LogP) is 6.69. The van der Waals surface area contributed by atoms with Crippen molar-refractivity contribution in [2.45, 2.75) is 6.92 Å². The van der Waals surface area contributed by atoms with E-state index in [0.29, 0.717) is 0 Å². The number of fused-ring (bicyclic) bond motifs is 4. The van der Waals surface area contributed by atoms with E-state index in [1.165, 1.54) is 38.5 Å². The molecule has 0 aliphatic heterocycles. The molecule has 0 saturated carbocycles. The largest absolute Gasteiger partial charge is 0.358 e. The van der Waals surface area contributed by atoms with Gasteiger partial charge in [-0.3, -0.25) is 4.57 Å². The molecule has 0 radical (unpaired) electrons. The SMILES string of the molecule is CNc1nc2ccccc2n1-c1ccc(-c2ccc3c(c2)c2ccccc2n3C)cc1C. The third kappa shape index (κ3) is 2.66. The van der Waals surface area contributed by atoms with Crippen LogP contribution in [-0.4, -0.2) is 21.2 Å². The van der Waals surface area contributed by atoms with E-state index in [4.69, 9.17) is 4.98 Å². The fourth-order valence-electron chi connectivity index (χ4n) is 4.87. The highest BCUT2D eigenvalue weighted by Crippen LogP contribution is 2.34. The second-order valence-electron chi connectivity index (χ2n) is 8.32. The molecule has 0 bridgehead atoms. The first kappa shape index (κ1) is 18.7. The molecular formula is C28H24N4. The third-order valence-corrected chi connectivity index (χ3v) is 6.47. The summed E-state index contributed by atoms with van der Waals surface area (Å²) in [4.78, 5) is 4.74. The zero-order chi connectivity index (χ0) is 21.8. The highest BCUT2D eigenvalue weighted by molar-refractivity contribution is 6.09. The topological polar surface area (TPSA) is 34.8 Å². The van der Waals surface area contributed by atoms with Gasteiger partial charge < -0.3 is 9.88 Å². The summed E-state index contributed by atoms with van der Waals surface area (Å²) in [5.74, 6) is 0.847. The Balaban J connectivity index is 1.50. The van der Waals surface area contributed by atoms with Crippen molar-refractivity contribution >= 4 is 38.8 Å². The predicted molar refractivity (Wildman–Crippen MR) is 135 cm³/mol. The number of nitrogens with one attached hydrogen (secondary N) is 1. The molecule has 6 rings (SSSR count). The molecular weight excluding hydrogens is 392 g/mol. The standard InChI is InChI=1S/C28H24N4/c1-18-16-19(12-14-24(18)32-27-11-7-5-9-23(27)30-28(32)29-2)20-13-15-26-22(17-20)21-8-4-6-10-25(21)31(26)3/h4-17H,1-3H3,(H,29,30). The summed E-state index contributed by atoms with van der Waals surface area (Å²) in [6, 6.07) is 30.3. The quantitative estimate of drug-likeness (QED) is 0.349. The van der Waals surface area contributed by atoms with Crippen molar-refractivity contribution in [3.8, 4) is 16.8 Å². The van der Waals surface area contributed by atoms with Crippen molar-refractivity contribution in [3.63, 3.8) is 0 Å². The van der Waals surface area contributed by atoms with Crippen molar-refractivity contribution in [2.24, 2.45) is 7.05 Å². The molecule has 0 fully saturated rings. The molecule has 2 heterocycles. The van der Waals surface area contributed by atoms with Crippen molar-refractivity contribution in [1.29, 1.82) is 0 Å². The second kappa shape index (κ2) is 6.99. The summed E-state index contributed by atoms with van der Waals surface area (Å²) in [6.45, 7) is 2.17. The van der Waals surface area contributed by atoms with Gasteiger partial charge in [-0.15, -0.1) is 0 Å². The van der Waals surface area contributed by atoms with Crippen LogP contribution in [0.5, 0.6) is 0 Å². The van der Waals surface area contributed by atoms with Gasteiger partial charge in [0.25, 0.3) is 0 Å². The maximum Gasteiger partial charge on any atom is 0.208 e. The minimum absolute atomic E-state index is 0.847. The summed E-state index contributed by atoms with van der Waals surface area (Å²) in [6.07, 6.45) is 0. The van der Waals surface area contributed by atoms with Gasteiger partial charge >= 0.3 is 0 Å². The van der Waals surface area contributed by atoms with Gasteiger partial charge in [-0.05, 0) is 66.1 Å². The van der Waals surface area contributed by atoms with Crippen molar-refractivity contribution in [2.75, 3.05) is 12.4 Å². The molecule has 0 amide bonds. The monoisotopic (exact) mass is 416 g/mol. The fourth-order valence-corrected chi connectivity index (χ4v) is 4.87. The van der Waals surface area contributed by atoms with Crippen LogP contribution in [0.25, 0.3) is 49.7 Å². The van der Waals surface area contributed by atoms with E-state index in [0.717, 1.165) is 22.7 Å². The number of imidazole rings is 1. The number of aromatic nitrogens is 3. The van der Waals surface area contributed by atoms with Gasteiger partial charge in [0, 0.05) is 35.9 Å². The van der Waals surface area contributed by atoms with Crippen LogP contribution in [0, 0.1) is 6.92 Å². The lowest BCUT2D eigenvalue weighted by atomic mass is 10.00. The Morgan fingerprint density at radius 1 is 0.719 bits per heavy atom. The summed E-state index contributed by atoms with van der Waals surface area (Å²) >= 11 is 0. The first-order valence-corrected chi connectivity index (χ1v) is 10.9. The summed E-state index contributed by atoms with van der Waals surface area (Å²) in [7, 11) is 4.05. The first-order valence-electron chi connectivity index (χ1n) is 10.9. The number of nitrogens with zero attached hydrogens (tertiary/aromatic N) is 3. The minimum atomic E-state index is 0.847. The smallest absolute Gasteiger partial charge is 0.208 e. The number of aryl methyl sites for hydroxylation is 2. The van der Waals surface area contributed by atoms with Crippen LogP contribution >= 0.6 is 0 Å². The van der Waals surface area contributed by atoms with Crippen LogP contribution in [0.4, 0.5) is 5.95 Å². The Morgan fingerprint density at radius 3 is 2.22 bits per heavy atom. The zero-order valence-corrected chi connectivity index (χ0v) is 18.4. The first-order chi connectivity index (χ1) is 15.7. The molecule has 156 valence electrons. The third-order valence-electron chi connectivity index (χ3n) is 6.47. The average Bonchev–Trinajstić information content (AvgIpc) is 3.34. The lowest BCUT2D eigenvalue weighted by molar-refractivity contribution is 1.01. The number of para-hydroxylation sites is 3. The number of hydrogen-bond acceptors (Lipinski definition) is 2. The molecule has 0 saturated heterocycles. The van der Waals surface area contributed by atoms with E-state index in [1.54, 1.807) is 0 Å². The lowest BCUT2D eigenvalue weighted by Gasteiger charge is -2.13. The van der Waals surface area contributed by atoms with Crippen LogP contribution in [0.2, 0.25) is 0 Å². The Labute approximate surface area is 186 Å². The molecule has 4 heteroatoms. The van der Waals surface area contributed by atoms with E-state index in [1.807, 2.05) is 13.1 Å². The van der Waals surface area contributed by atoms with Crippen molar-refractivity contribution in [3.05, 3.63) is 90.5 Å². The van der Waals surface area contributed by atoms with Gasteiger partial charge in [0.1, 0.15) is 0 Å². The Bertz CT molecular complexity index is 1630. The van der Waals surface area contributed by atoms with Crippen LogP contribution < -0.4 is 5.32 Å². The number of rotatable bonds is 3. The summed E-state index contributed by atoms with van der Waals surface area (Å²) in [5, 5.41) is 5.83. The molecule has 4 aromatic carbocycles. The number of hydrogen-bond donors (Lipinski definition) is 1. The van der Waals surface area contributed by atoms with E-state index < -0.39 is 0 Å². The normalized spacial score (nSPS) is 11.6. The highest BCUT2D eigenvalue weighted by Gasteiger charge is 2.14. The van der Waals surface area contributed by atoms with Crippen LogP contribution in [0.3, 0.4) is 0 Å². The molecule has 0 unspecified atom stereocenters. The van der Waals surface area contributed by atoms with E-state index in [-0.39, 0.29) is 0 Å². The molecule has 32 heavy (non-hydrogen) atoms. The molecule has 1 N–H and O–H groups in total. The zero-order valence-electron chi connectivity index (χ0n) is 18.4. The van der Waals surface area contributed by atoms with Gasteiger partial charge in [-0.25, -0.2) is 4.98 Å². The molecule has 0 atom stereocenters. The van der Waals surface area contributed by atoms with E-state index in [9.17, 15) is 0 Å². The van der Waals surface area contributed by atoms with Crippen molar-refractivity contribution in [1.82, 2.24) is 14.1 Å². The maximum absolute atomic E-state index is 4.74. The van der Waals surface area contributed by atoms with E-state index >= 15 is 0 Å². The second-order valence-corrected chi connectivity index (χ2v) is 8.32. The molecule has 6 aromatic rings. The molecule has 4 nitrogen and oxygen atoms in total. The van der Waals surface area contributed by atoms with Gasteiger partial charge in [0.2, 0.25) is 5.95 Å². The van der Waals surface area contributed by atoms with Gasteiger partial charge in [-0.1, -0.05) is 42.5 Å². The fraction of sp³-hybridized carbons (Fsp3) is 0.107. The Kier molecular flexibility index (Phi) is 4.08. The van der Waals surface area contributed by atoms with Gasteiger partial charge in [0.15, 0.2) is 0 Å². The average molecular weight is 417 g/mol. The highest BCUT2D eigenvalue weighted by atomic mass is 15.2. The lowest BCUT2D eigenvalue weighted by Crippen LogP contribution is -2.03. The van der Waals surface area contributed by atoms with E-state index in [2.05, 4.69) is 107 Å². The Hall–Kier alpha value is -4.05. The minimum Gasteiger partial charge on any atom is -0.358 e. The van der Waals surface area contributed by atoms with Crippen molar-refractivity contribution < 1.29 is 0 Å². The van der Waals surface area contributed by atoms with Crippen LogP contribution in [-0.2, 0) is 7.05 Å². The van der Waals surface area contributed by atoms with Crippen LogP contribution in [0.15, 0.2) is 84.9 Å². The number of anilines is 1. The molecule has 2 aromatic heterocycles. The van der Waals surface area contributed by atoms with Crippen LogP contribution in [0.1, 0.15) is 5.56 Å². The van der Waals surface area contributed by atoms with Gasteiger partial charge in [-0.2, -0.15) is 0 Å². The summed E-state index contributed by atoms with van der Waals surface area (Å²) < 4.78 is 4.47. The molecule has 0 aliphatic carbocycles. The maximum atomic E-state index is 4.74. The van der Waals surface area contributed by atoms with Gasteiger partial charge in [0.05, 0.1) is 16.7 Å². The Morgan fingerprint density at radius 2 is 1.41 bits per heavy atom.